The maximum absolute atomic E-state index is 13.2. The Morgan fingerprint density at radius 1 is 1.12 bits per heavy atom. The Morgan fingerprint density at radius 2 is 1.83 bits per heavy atom. The fraction of sp³-hybridized carbons (Fsp3) is 0.412. The summed E-state index contributed by atoms with van der Waals surface area (Å²) in [6.07, 6.45) is 4.26. The second-order valence-electron chi connectivity index (χ2n) is 6.30. The Hall–Kier alpha value is -2.02. The van der Waals surface area contributed by atoms with Gasteiger partial charge in [-0.1, -0.05) is 25.0 Å². The third-order valence-electron chi connectivity index (χ3n) is 4.73. The molecule has 2 N–H and O–H groups in total. The number of halogens is 1. The molecule has 1 saturated carbocycles. The van der Waals surface area contributed by atoms with E-state index in [4.69, 9.17) is 0 Å². The first-order valence-corrected chi connectivity index (χ1v) is 9.19. The van der Waals surface area contributed by atoms with Crippen molar-refractivity contribution in [2.45, 2.75) is 37.0 Å². The molecule has 24 heavy (non-hydrogen) atoms. The Balaban J connectivity index is 1.83. The monoisotopic (exact) mass is 347 g/mol. The fourth-order valence-electron chi connectivity index (χ4n) is 3.58. The Labute approximate surface area is 142 Å². The molecule has 4 rings (SSSR count). The van der Waals surface area contributed by atoms with Gasteiger partial charge in [0.05, 0.1) is 22.6 Å². The lowest BCUT2D eigenvalue weighted by molar-refractivity contribution is -0.113. The molecule has 1 aromatic carbocycles. The Bertz CT molecular complexity index is 821. The van der Waals surface area contributed by atoms with E-state index in [0.29, 0.717) is 11.4 Å². The zero-order chi connectivity index (χ0) is 16.7. The number of amides is 1. The summed E-state index contributed by atoms with van der Waals surface area (Å²) in [4.78, 5) is 24.8. The van der Waals surface area contributed by atoms with Crippen molar-refractivity contribution in [2.24, 2.45) is 0 Å². The molecule has 7 heteroatoms. The van der Waals surface area contributed by atoms with Gasteiger partial charge in [-0.3, -0.25) is 19.4 Å². The summed E-state index contributed by atoms with van der Waals surface area (Å²) in [5, 5.41) is 5.53. The van der Waals surface area contributed by atoms with E-state index in [2.05, 4.69) is 10.4 Å². The number of nitrogens with one attached hydrogen (secondary N) is 2. The van der Waals surface area contributed by atoms with E-state index < -0.39 is 0 Å². The molecule has 1 aliphatic carbocycles. The predicted molar refractivity (Wildman–Crippen MR) is 91.9 cm³/mol. The highest BCUT2D eigenvalue weighted by Gasteiger charge is 2.32. The SMILES string of the molecule is O=C1CSC(c2ccc(F)cc2)c2c(n(C3CCCC3)[nH]c2=O)N1. The number of benzene rings is 1. The van der Waals surface area contributed by atoms with Crippen LogP contribution in [-0.4, -0.2) is 21.4 Å². The number of H-pyrrole nitrogens is 1. The number of aromatic amines is 1. The van der Waals surface area contributed by atoms with E-state index in [1.807, 2.05) is 4.68 Å². The van der Waals surface area contributed by atoms with Crippen LogP contribution in [0.15, 0.2) is 29.1 Å². The van der Waals surface area contributed by atoms with Crippen molar-refractivity contribution < 1.29 is 9.18 Å². The van der Waals surface area contributed by atoms with Gasteiger partial charge in [-0.25, -0.2) is 4.39 Å². The molecular formula is C17H18FN3O2S. The quantitative estimate of drug-likeness (QED) is 0.877. The summed E-state index contributed by atoms with van der Waals surface area (Å²) in [5.74, 6) is 0.415. The van der Waals surface area contributed by atoms with Crippen molar-refractivity contribution in [3.63, 3.8) is 0 Å². The van der Waals surface area contributed by atoms with Gasteiger partial charge < -0.3 is 5.32 Å². The maximum Gasteiger partial charge on any atom is 0.270 e. The Kier molecular flexibility index (Phi) is 3.96. The van der Waals surface area contributed by atoms with E-state index in [0.717, 1.165) is 31.2 Å². The number of rotatable bonds is 2. The summed E-state index contributed by atoms with van der Waals surface area (Å²) < 4.78 is 15.1. The maximum atomic E-state index is 13.2. The standard InChI is InChI=1S/C17H18FN3O2S/c18-11-7-5-10(6-8-11)15-14-16(19-13(22)9-24-15)21(20-17(14)23)12-3-1-2-4-12/h5-8,12,15H,1-4,9H2,(H,19,22)(H,20,23). The van der Waals surface area contributed by atoms with Crippen LogP contribution >= 0.6 is 11.8 Å². The molecule has 2 aliphatic rings. The lowest BCUT2D eigenvalue weighted by Crippen LogP contribution is -2.18. The number of hydrogen-bond acceptors (Lipinski definition) is 3. The van der Waals surface area contributed by atoms with E-state index in [-0.39, 0.29) is 34.3 Å². The molecule has 1 fully saturated rings. The topological polar surface area (TPSA) is 66.9 Å². The molecule has 0 spiro atoms. The number of thioether (sulfide) groups is 1. The van der Waals surface area contributed by atoms with Crippen molar-refractivity contribution in [2.75, 3.05) is 11.1 Å². The smallest absolute Gasteiger partial charge is 0.270 e. The van der Waals surface area contributed by atoms with Crippen LogP contribution in [0, 0.1) is 5.82 Å². The van der Waals surface area contributed by atoms with Crippen molar-refractivity contribution in [1.82, 2.24) is 9.78 Å². The molecule has 1 aromatic heterocycles. The first-order valence-electron chi connectivity index (χ1n) is 8.15. The average molecular weight is 347 g/mol. The minimum Gasteiger partial charge on any atom is -0.310 e. The Morgan fingerprint density at radius 3 is 2.54 bits per heavy atom. The molecule has 2 aromatic rings. The minimum absolute atomic E-state index is 0.114. The largest absolute Gasteiger partial charge is 0.310 e. The van der Waals surface area contributed by atoms with Gasteiger partial charge in [0.1, 0.15) is 11.6 Å². The molecule has 0 saturated heterocycles. The number of aromatic nitrogens is 2. The van der Waals surface area contributed by atoms with Crippen molar-refractivity contribution in [1.29, 1.82) is 0 Å². The normalized spacial score (nSPS) is 21.4. The molecule has 1 amide bonds. The first kappa shape index (κ1) is 15.5. The van der Waals surface area contributed by atoms with Gasteiger partial charge in [0.25, 0.3) is 5.56 Å². The molecule has 0 bridgehead atoms. The van der Waals surface area contributed by atoms with Gasteiger partial charge >= 0.3 is 0 Å². The molecule has 2 heterocycles. The van der Waals surface area contributed by atoms with Crippen LogP contribution < -0.4 is 10.9 Å². The van der Waals surface area contributed by atoms with Crippen LogP contribution in [-0.2, 0) is 4.79 Å². The van der Waals surface area contributed by atoms with Gasteiger partial charge in [-0.15, -0.1) is 11.8 Å². The van der Waals surface area contributed by atoms with E-state index in [9.17, 15) is 14.0 Å². The number of fused-ring (bicyclic) bond motifs is 1. The molecule has 1 unspecified atom stereocenters. The second kappa shape index (κ2) is 6.12. The molecule has 126 valence electrons. The van der Waals surface area contributed by atoms with Crippen molar-refractivity contribution >= 4 is 23.5 Å². The third-order valence-corrected chi connectivity index (χ3v) is 6.00. The number of hydrogen-bond donors (Lipinski definition) is 2. The second-order valence-corrected chi connectivity index (χ2v) is 7.40. The molecule has 1 atom stereocenters. The van der Waals surface area contributed by atoms with Crippen LogP contribution in [0.3, 0.4) is 0 Å². The lowest BCUT2D eigenvalue weighted by Gasteiger charge is -2.16. The van der Waals surface area contributed by atoms with Crippen LogP contribution in [0.5, 0.6) is 0 Å². The summed E-state index contributed by atoms with van der Waals surface area (Å²) in [5.41, 5.74) is 1.21. The minimum atomic E-state index is -0.316. The third kappa shape index (κ3) is 2.66. The molecular weight excluding hydrogens is 329 g/mol. The van der Waals surface area contributed by atoms with Crippen LogP contribution in [0.1, 0.15) is 48.1 Å². The first-order chi connectivity index (χ1) is 11.6. The summed E-state index contributed by atoms with van der Waals surface area (Å²) in [6, 6.07) is 6.35. The number of nitrogens with zero attached hydrogens (tertiary/aromatic N) is 1. The molecule has 1 aliphatic heterocycles. The van der Waals surface area contributed by atoms with Crippen LogP contribution in [0.4, 0.5) is 10.2 Å². The summed E-state index contributed by atoms with van der Waals surface area (Å²) in [7, 11) is 0. The number of carbonyl (C=O) groups excluding carboxylic acids is 1. The molecule has 0 radical (unpaired) electrons. The predicted octanol–water partition coefficient (Wildman–Crippen LogP) is 3.21. The highest BCUT2D eigenvalue weighted by Crippen LogP contribution is 2.41. The average Bonchev–Trinajstić information content (AvgIpc) is 3.15. The number of carbonyl (C=O) groups is 1. The van der Waals surface area contributed by atoms with Crippen molar-refractivity contribution in [3.05, 3.63) is 51.6 Å². The van der Waals surface area contributed by atoms with Gasteiger partial charge in [0.2, 0.25) is 5.91 Å². The molecule has 5 nitrogen and oxygen atoms in total. The summed E-state index contributed by atoms with van der Waals surface area (Å²) in [6.45, 7) is 0. The van der Waals surface area contributed by atoms with E-state index in [1.54, 1.807) is 12.1 Å². The highest BCUT2D eigenvalue weighted by atomic mass is 32.2. The van der Waals surface area contributed by atoms with Crippen LogP contribution in [0.25, 0.3) is 0 Å². The van der Waals surface area contributed by atoms with E-state index >= 15 is 0 Å². The zero-order valence-corrected chi connectivity index (χ0v) is 13.9. The summed E-state index contributed by atoms with van der Waals surface area (Å²) >= 11 is 1.40. The van der Waals surface area contributed by atoms with E-state index in [1.165, 1.54) is 23.9 Å². The van der Waals surface area contributed by atoms with Crippen LogP contribution in [0.2, 0.25) is 0 Å². The highest BCUT2D eigenvalue weighted by molar-refractivity contribution is 8.00. The van der Waals surface area contributed by atoms with Gasteiger partial charge in [-0.2, -0.15) is 0 Å². The fourth-order valence-corrected chi connectivity index (χ4v) is 4.71. The van der Waals surface area contributed by atoms with Gasteiger partial charge in [0.15, 0.2) is 0 Å². The van der Waals surface area contributed by atoms with Gasteiger partial charge in [0, 0.05) is 0 Å². The van der Waals surface area contributed by atoms with Gasteiger partial charge in [-0.05, 0) is 30.5 Å². The zero-order valence-electron chi connectivity index (χ0n) is 13.0. The van der Waals surface area contributed by atoms with Crippen molar-refractivity contribution in [3.8, 4) is 0 Å². The lowest BCUT2D eigenvalue weighted by atomic mass is 10.1. The number of anilines is 1.